The molecule has 3 amide bonds. The summed E-state index contributed by atoms with van der Waals surface area (Å²) in [4.78, 5) is 39.7. The summed E-state index contributed by atoms with van der Waals surface area (Å²) in [6.45, 7) is 4.13. The first-order valence-electron chi connectivity index (χ1n) is 10.4. The van der Waals surface area contributed by atoms with Crippen LogP contribution in [0.15, 0.2) is 59.0 Å². The predicted molar refractivity (Wildman–Crippen MR) is 124 cm³/mol. The fourth-order valence-electron chi connectivity index (χ4n) is 3.59. The molecule has 1 fully saturated rings. The van der Waals surface area contributed by atoms with Gasteiger partial charge in [0.05, 0.1) is 17.8 Å². The van der Waals surface area contributed by atoms with Crippen molar-refractivity contribution < 1.29 is 9.59 Å². The Morgan fingerprint density at radius 1 is 1.00 bits per heavy atom. The first-order chi connectivity index (χ1) is 15.4. The molecule has 0 aliphatic carbocycles. The zero-order valence-corrected chi connectivity index (χ0v) is 18.6. The van der Waals surface area contributed by atoms with E-state index in [0.29, 0.717) is 28.4 Å². The summed E-state index contributed by atoms with van der Waals surface area (Å²) in [7, 11) is 0. The lowest BCUT2D eigenvalue weighted by molar-refractivity contribution is -0.123. The van der Waals surface area contributed by atoms with Crippen molar-refractivity contribution in [2.45, 2.75) is 33.2 Å². The highest BCUT2D eigenvalue weighted by molar-refractivity contribution is 6.30. The van der Waals surface area contributed by atoms with Crippen LogP contribution in [-0.4, -0.2) is 26.6 Å². The number of hydrogen-bond acceptors (Lipinski definition) is 3. The zero-order valence-electron chi connectivity index (χ0n) is 17.8. The van der Waals surface area contributed by atoms with Crippen molar-refractivity contribution in [1.82, 2.24) is 20.0 Å². The van der Waals surface area contributed by atoms with Crippen LogP contribution < -0.4 is 10.9 Å². The minimum Gasteiger partial charge on any atom is -0.303 e. The molecule has 0 radical (unpaired) electrons. The maximum absolute atomic E-state index is 13.1. The molecule has 0 spiro atoms. The Bertz CT molecular complexity index is 1250. The number of halogens is 1. The smallest absolute Gasteiger partial charge is 0.303 e. The molecule has 2 N–H and O–H groups in total. The van der Waals surface area contributed by atoms with E-state index in [1.54, 1.807) is 24.3 Å². The Labute approximate surface area is 190 Å². The molecule has 1 saturated heterocycles. The van der Waals surface area contributed by atoms with E-state index in [2.05, 4.69) is 10.4 Å². The van der Waals surface area contributed by atoms with Crippen LogP contribution in [0.5, 0.6) is 0 Å². The van der Waals surface area contributed by atoms with Crippen molar-refractivity contribution >= 4 is 29.6 Å². The summed E-state index contributed by atoms with van der Waals surface area (Å²) in [5.74, 6) is -0.461. The number of aryl methyl sites for hydroxylation is 2. The van der Waals surface area contributed by atoms with Gasteiger partial charge in [0.25, 0.3) is 11.5 Å². The number of aromatic nitrogens is 2. The highest BCUT2D eigenvalue weighted by atomic mass is 35.5. The fraction of sp³-hybridized carbons (Fsp3) is 0.208. The second-order valence-electron chi connectivity index (χ2n) is 7.74. The van der Waals surface area contributed by atoms with Crippen LogP contribution in [0, 0.1) is 6.92 Å². The molecule has 1 aromatic heterocycles. The van der Waals surface area contributed by atoms with Gasteiger partial charge in [-0.25, -0.2) is 9.48 Å². The molecule has 0 bridgehead atoms. The second kappa shape index (κ2) is 8.88. The normalized spacial score (nSPS) is 15.0. The van der Waals surface area contributed by atoms with Gasteiger partial charge in [-0.3, -0.25) is 19.6 Å². The second-order valence-corrected chi connectivity index (χ2v) is 8.17. The van der Waals surface area contributed by atoms with E-state index < -0.39 is 11.9 Å². The van der Waals surface area contributed by atoms with Crippen molar-refractivity contribution in [1.29, 1.82) is 0 Å². The number of aromatic amines is 1. The van der Waals surface area contributed by atoms with Gasteiger partial charge in [0.2, 0.25) is 0 Å². The average Bonchev–Trinajstić information content (AvgIpc) is 3.22. The van der Waals surface area contributed by atoms with Gasteiger partial charge in [-0.2, -0.15) is 0 Å². The van der Waals surface area contributed by atoms with Gasteiger partial charge < -0.3 is 5.32 Å². The van der Waals surface area contributed by atoms with E-state index in [1.165, 1.54) is 10.8 Å². The first kappa shape index (κ1) is 21.6. The van der Waals surface area contributed by atoms with Gasteiger partial charge in [-0.15, -0.1) is 0 Å². The van der Waals surface area contributed by atoms with E-state index >= 15 is 0 Å². The molecule has 2 aromatic carbocycles. The quantitative estimate of drug-likeness (QED) is 0.436. The molecular weight excluding hydrogens is 428 g/mol. The highest BCUT2D eigenvalue weighted by Gasteiger charge is 2.34. The lowest BCUT2D eigenvalue weighted by atomic mass is 10.1. The molecule has 2 heterocycles. The number of nitrogens with zero attached hydrogens (tertiary/aromatic N) is 2. The number of urea groups is 1. The molecule has 164 valence electrons. The number of nitrogens with one attached hydrogen (secondary N) is 2. The summed E-state index contributed by atoms with van der Waals surface area (Å²) in [5.41, 5.74) is 3.39. The van der Waals surface area contributed by atoms with Crippen LogP contribution >= 0.6 is 11.6 Å². The largest absolute Gasteiger partial charge is 0.329 e. The Morgan fingerprint density at radius 3 is 2.34 bits per heavy atom. The molecule has 3 aromatic rings. The Kier molecular flexibility index (Phi) is 6.01. The van der Waals surface area contributed by atoms with Crippen LogP contribution in [0.1, 0.15) is 35.7 Å². The maximum Gasteiger partial charge on any atom is 0.329 e. The molecule has 1 aliphatic heterocycles. The van der Waals surface area contributed by atoms with Crippen LogP contribution in [0.2, 0.25) is 5.02 Å². The van der Waals surface area contributed by atoms with Gasteiger partial charge in [-0.1, -0.05) is 54.8 Å². The Morgan fingerprint density at radius 2 is 1.69 bits per heavy atom. The summed E-state index contributed by atoms with van der Waals surface area (Å²) in [5, 5.41) is 6.29. The number of H-pyrrole nitrogens is 1. The molecular formula is C24H23ClN4O3. The van der Waals surface area contributed by atoms with E-state index in [0.717, 1.165) is 22.4 Å². The highest BCUT2D eigenvalue weighted by Crippen LogP contribution is 2.19. The van der Waals surface area contributed by atoms with Crippen LogP contribution in [0.4, 0.5) is 4.79 Å². The molecule has 32 heavy (non-hydrogen) atoms. The molecule has 1 aliphatic rings. The number of carbonyl (C=O) groups excluding carboxylic acids is 2. The van der Waals surface area contributed by atoms with Crippen molar-refractivity contribution in [3.8, 4) is 5.69 Å². The van der Waals surface area contributed by atoms with Gasteiger partial charge in [-0.05, 0) is 49.2 Å². The number of imide groups is 1. The molecule has 4 rings (SSSR count). The summed E-state index contributed by atoms with van der Waals surface area (Å²) in [6, 6.07) is 14.0. The molecule has 8 heteroatoms. The monoisotopic (exact) mass is 450 g/mol. The number of hydrogen-bond donors (Lipinski definition) is 2. The van der Waals surface area contributed by atoms with Gasteiger partial charge in [0.15, 0.2) is 0 Å². The maximum atomic E-state index is 13.1. The number of rotatable bonds is 6. The number of carbonyl (C=O) groups is 2. The van der Waals surface area contributed by atoms with Crippen molar-refractivity contribution in [3.63, 3.8) is 0 Å². The van der Waals surface area contributed by atoms with Crippen molar-refractivity contribution in [2.24, 2.45) is 0 Å². The molecule has 0 saturated carbocycles. The molecule has 0 atom stereocenters. The van der Waals surface area contributed by atoms with Crippen LogP contribution in [0.25, 0.3) is 11.8 Å². The average molecular weight is 451 g/mol. The van der Waals surface area contributed by atoms with Gasteiger partial charge >= 0.3 is 6.03 Å². The third-order valence-corrected chi connectivity index (χ3v) is 5.55. The van der Waals surface area contributed by atoms with E-state index in [-0.39, 0.29) is 17.8 Å². The van der Waals surface area contributed by atoms with E-state index in [4.69, 9.17) is 11.6 Å². The first-order valence-corrected chi connectivity index (χ1v) is 10.7. The van der Waals surface area contributed by atoms with Gasteiger partial charge in [0, 0.05) is 10.7 Å². The lowest BCUT2D eigenvalue weighted by Crippen LogP contribution is -2.30. The van der Waals surface area contributed by atoms with E-state index in [1.807, 2.05) is 38.1 Å². The zero-order chi connectivity index (χ0) is 22.8. The predicted octanol–water partition coefficient (Wildman–Crippen LogP) is 4.17. The molecule has 7 nitrogen and oxygen atoms in total. The molecule has 0 unspecified atom stereocenters. The number of amides is 3. The summed E-state index contributed by atoms with van der Waals surface area (Å²) in [6.07, 6.45) is 2.88. The summed E-state index contributed by atoms with van der Waals surface area (Å²) < 4.78 is 1.42. The SMILES string of the molecule is CCCc1[nH]n(-c2ccc(Cl)cc2)c(=O)c1/C=C1\NC(=O)N(Cc2ccc(C)cc2)C1=O. The third kappa shape index (κ3) is 4.24. The van der Waals surface area contributed by atoms with Crippen molar-refractivity contribution in [2.75, 3.05) is 0 Å². The van der Waals surface area contributed by atoms with E-state index in [9.17, 15) is 14.4 Å². The fourth-order valence-corrected chi connectivity index (χ4v) is 3.72. The number of benzene rings is 2. The Hall–Kier alpha value is -3.58. The Balaban J connectivity index is 1.67. The minimum atomic E-state index is -0.507. The lowest BCUT2D eigenvalue weighted by Gasteiger charge is -2.11. The van der Waals surface area contributed by atoms with Crippen LogP contribution in [0.3, 0.4) is 0 Å². The van der Waals surface area contributed by atoms with Crippen molar-refractivity contribution in [3.05, 3.63) is 92.0 Å². The standard InChI is InChI=1S/C24H23ClN4O3/c1-3-4-20-19(22(30)29(27-20)18-11-9-17(25)10-12-18)13-21-23(31)28(24(32)26-21)14-16-7-5-15(2)6-8-16/h5-13,27H,3-4,14H2,1-2H3,(H,26,32)/b21-13-. The van der Waals surface area contributed by atoms with Crippen LogP contribution in [-0.2, 0) is 17.8 Å². The third-order valence-electron chi connectivity index (χ3n) is 5.30. The van der Waals surface area contributed by atoms with Gasteiger partial charge in [0.1, 0.15) is 5.70 Å². The summed E-state index contributed by atoms with van der Waals surface area (Å²) >= 11 is 5.96. The minimum absolute atomic E-state index is 0.0822. The topological polar surface area (TPSA) is 87.2 Å².